The van der Waals surface area contributed by atoms with Crippen LogP contribution in [-0.2, 0) is 24.8 Å². The Morgan fingerprint density at radius 2 is 1.76 bits per heavy atom. The van der Waals surface area contributed by atoms with Crippen LogP contribution in [0.5, 0.6) is 0 Å². The molecule has 4 nitrogen and oxygen atoms in total. The number of halogens is 1. The number of hydrogen-bond donors (Lipinski definition) is 0. The Balaban J connectivity index is 1.37. The predicted octanol–water partition coefficient (Wildman–Crippen LogP) is 5.88. The maximum atomic E-state index is 13.6. The number of hydrogen-bond acceptors (Lipinski definition) is 4. The first kappa shape index (κ1) is 22.6. The standard InChI is InChI=1S/C29H35FO4/c1-17(31)29-25(33-28(4,34-29)18-5-8-20(30)9-6-18)16-24-22-10-7-19-15-21(32)11-13-26(19,2)23(22)12-14-27(24,29)3/h5-6,8-9,15,22-25H,7,10-14,16H2,1-4H3/t22-,23+,24+,25-,26+,27+,28-,29-/m1/s1. The molecule has 1 heterocycles. The second-order valence-electron chi connectivity index (χ2n) is 12.1. The van der Waals surface area contributed by atoms with E-state index < -0.39 is 11.4 Å². The zero-order chi connectivity index (χ0) is 24.1. The van der Waals surface area contributed by atoms with Crippen LogP contribution in [0.4, 0.5) is 4.39 Å². The number of benzene rings is 1. The number of Topliss-reactive ketones (excluding diaryl/α,β-unsaturated/α-hetero) is 1. The van der Waals surface area contributed by atoms with E-state index in [2.05, 4.69) is 13.8 Å². The molecule has 8 atom stereocenters. The zero-order valence-corrected chi connectivity index (χ0v) is 20.7. The van der Waals surface area contributed by atoms with Gasteiger partial charge >= 0.3 is 0 Å². The van der Waals surface area contributed by atoms with Gasteiger partial charge in [-0.2, -0.15) is 0 Å². The Labute approximate surface area is 201 Å². The van der Waals surface area contributed by atoms with Crippen LogP contribution in [0.15, 0.2) is 35.9 Å². The van der Waals surface area contributed by atoms with Crippen molar-refractivity contribution in [2.75, 3.05) is 0 Å². The molecule has 0 amide bonds. The van der Waals surface area contributed by atoms with Crippen molar-refractivity contribution >= 4 is 11.6 Å². The van der Waals surface area contributed by atoms with E-state index in [0.29, 0.717) is 24.2 Å². The second kappa shape index (κ2) is 7.10. The highest BCUT2D eigenvalue weighted by Gasteiger charge is 2.75. The summed E-state index contributed by atoms with van der Waals surface area (Å²) < 4.78 is 27.0. The molecule has 0 aromatic heterocycles. The maximum absolute atomic E-state index is 13.6. The molecule has 1 aromatic rings. The monoisotopic (exact) mass is 466 g/mol. The van der Waals surface area contributed by atoms with Gasteiger partial charge < -0.3 is 9.47 Å². The Kier molecular flexibility index (Phi) is 4.72. The molecule has 1 aromatic carbocycles. The van der Waals surface area contributed by atoms with Crippen LogP contribution in [0.25, 0.3) is 0 Å². The fraction of sp³-hybridized carbons (Fsp3) is 0.655. The summed E-state index contributed by atoms with van der Waals surface area (Å²) in [6.07, 6.45) is 8.01. The van der Waals surface area contributed by atoms with Crippen molar-refractivity contribution in [1.29, 1.82) is 0 Å². The van der Waals surface area contributed by atoms with Crippen LogP contribution in [0, 0.1) is 34.4 Å². The van der Waals surface area contributed by atoms with Gasteiger partial charge in [0.1, 0.15) is 5.82 Å². The number of carbonyl (C=O) groups is 2. The minimum absolute atomic E-state index is 0.0395. The van der Waals surface area contributed by atoms with Crippen molar-refractivity contribution in [2.45, 2.75) is 90.1 Å². The van der Waals surface area contributed by atoms with Crippen LogP contribution >= 0.6 is 0 Å². The Bertz CT molecular complexity index is 1090. The molecule has 1 aliphatic heterocycles. The van der Waals surface area contributed by atoms with E-state index >= 15 is 0 Å². The van der Waals surface area contributed by atoms with Gasteiger partial charge in [0.2, 0.25) is 0 Å². The third-order valence-corrected chi connectivity index (χ3v) is 10.7. The van der Waals surface area contributed by atoms with Crippen LogP contribution in [0.3, 0.4) is 0 Å². The second-order valence-corrected chi connectivity index (χ2v) is 12.1. The van der Waals surface area contributed by atoms with E-state index in [9.17, 15) is 14.0 Å². The van der Waals surface area contributed by atoms with E-state index in [1.165, 1.54) is 17.7 Å². The van der Waals surface area contributed by atoms with Gasteiger partial charge in [-0.05, 0) is 93.7 Å². The highest BCUT2D eigenvalue weighted by molar-refractivity contribution is 5.91. The Morgan fingerprint density at radius 1 is 1.03 bits per heavy atom. The van der Waals surface area contributed by atoms with Gasteiger partial charge in [-0.1, -0.05) is 31.6 Å². The van der Waals surface area contributed by atoms with Gasteiger partial charge in [0.05, 0.1) is 6.10 Å². The first-order valence-electron chi connectivity index (χ1n) is 12.9. The molecule has 3 saturated carbocycles. The Morgan fingerprint density at radius 3 is 2.47 bits per heavy atom. The van der Waals surface area contributed by atoms with Gasteiger partial charge in [0.15, 0.2) is 23.0 Å². The van der Waals surface area contributed by atoms with Crippen LogP contribution in [0.2, 0.25) is 0 Å². The van der Waals surface area contributed by atoms with Gasteiger partial charge in [0.25, 0.3) is 0 Å². The quantitative estimate of drug-likeness (QED) is 0.546. The normalized spacial score (nSPS) is 47.3. The number of fused-ring (bicyclic) bond motifs is 7. The van der Waals surface area contributed by atoms with Crippen molar-refractivity contribution in [1.82, 2.24) is 0 Å². The van der Waals surface area contributed by atoms with E-state index in [4.69, 9.17) is 9.47 Å². The van der Waals surface area contributed by atoms with Crippen molar-refractivity contribution in [3.05, 3.63) is 47.3 Å². The first-order valence-corrected chi connectivity index (χ1v) is 12.9. The van der Waals surface area contributed by atoms with E-state index in [1.54, 1.807) is 19.1 Å². The summed E-state index contributed by atoms with van der Waals surface area (Å²) in [5, 5.41) is 0. The van der Waals surface area contributed by atoms with E-state index in [-0.39, 0.29) is 34.3 Å². The average molecular weight is 467 g/mol. The predicted molar refractivity (Wildman–Crippen MR) is 125 cm³/mol. The molecular weight excluding hydrogens is 431 g/mol. The van der Waals surface area contributed by atoms with Crippen LogP contribution in [-0.4, -0.2) is 23.3 Å². The third kappa shape index (κ3) is 2.71. The maximum Gasteiger partial charge on any atom is 0.193 e. The largest absolute Gasteiger partial charge is 0.339 e. The summed E-state index contributed by atoms with van der Waals surface area (Å²) in [5.74, 6) is 0.310. The fourth-order valence-electron chi connectivity index (χ4n) is 9.04. The lowest BCUT2D eigenvalue weighted by Gasteiger charge is -2.59. The summed E-state index contributed by atoms with van der Waals surface area (Å²) in [7, 11) is 0. The highest BCUT2D eigenvalue weighted by Crippen LogP contribution is 2.71. The minimum Gasteiger partial charge on any atom is -0.339 e. The lowest BCUT2D eigenvalue weighted by molar-refractivity contribution is -0.227. The van der Waals surface area contributed by atoms with Gasteiger partial charge in [-0.3, -0.25) is 9.59 Å². The molecule has 5 aliphatic rings. The molecule has 34 heavy (non-hydrogen) atoms. The third-order valence-electron chi connectivity index (χ3n) is 10.7. The molecule has 0 radical (unpaired) electrons. The topological polar surface area (TPSA) is 52.6 Å². The molecule has 0 N–H and O–H groups in total. The molecule has 5 heteroatoms. The number of carbonyl (C=O) groups excluding carboxylic acids is 2. The summed E-state index contributed by atoms with van der Waals surface area (Å²) in [5.41, 5.74) is 0.869. The van der Waals surface area contributed by atoms with Crippen LogP contribution in [0.1, 0.15) is 78.2 Å². The molecule has 0 unspecified atom stereocenters. The molecule has 4 fully saturated rings. The summed E-state index contributed by atoms with van der Waals surface area (Å²) in [6, 6.07) is 6.23. The number of ketones is 2. The molecule has 6 rings (SSSR count). The SMILES string of the molecule is CC(=O)[C@@]12O[C@](C)(c3ccc(F)cc3)O[C@@H]1C[C@H]1[C@@H]3CCC4=CC(=O)CC[C@]4(C)[C@H]3CC[C@@]12C. The molecule has 4 aliphatic carbocycles. The zero-order valence-electron chi connectivity index (χ0n) is 20.7. The van der Waals surface area contributed by atoms with Crippen molar-refractivity contribution in [2.24, 2.45) is 28.6 Å². The van der Waals surface area contributed by atoms with Crippen molar-refractivity contribution < 1.29 is 23.5 Å². The molecule has 1 saturated heterocycles. The van der Waals surface area contributed by atoms with Crippen molar-refractivity contribution in [3.63, 3.8) is 0 Å². The summed E-state index contributed by atoms with van der Waals surface area (Å²) >= 11 is 0. The Hall–Kier alpha value is -1.85. The van der Waals surface area contributed by atoms with E-state index in [1.807, 2.05) is 13.0 Å². The first-order chi connectivity index (χ1) is 16.0. The van der Waals surface area contributed by atoms with Gasteiger partial charge in [-0.15, -0.1) is 0 Å². The summed E-state index contributed by atoms with van der Waals surface area (Å²) in [6.45, 7) is 8.15. The molecule has 0 bridgehead atoms. The number of allylic oxidation sites excluding steroid dienone is 1. The smallest absolute Gasteiger partial charge is 0.193 e. The fourth-order valence-corrected chi connectivity index (χ4v) is 9.04. The molecule has 0 spiro atoms. The lowest BCUT2D eigenvalue weighted by Crippen LogP contribution is -2.59. The van der Waals surface area contributed by atoms with Gasteiger partial charge in [0, 0.05) is 17.4 Å². The lowest BCUT2D eigenvalue weighted by atomic mass is 9.46. The van der Waals surface area contributed by atoms with Crippen molar-refractivity contribution in [3.8, 4) is 0 Å². The summed E-state index contributed by atoms with van der Waals surface area (Å²) in [4.78, 5) is 25.6. The highest BCUT2D eigenvalue weighted by atomic mass is 19.1. The number of ether oxygens (including phenoxy) is 2. The van der Waals surface area contributed by atoms with Gasteiger partial charge in [-0.25, -0.2) is 4.39 Å². The van der Waals surface area contributed by atoms with E-state index in [0.717, 1.165) is 44.1 Å². The molecular formula is C29H35FO4. The average Bonchev–Trinajstić information content (AvgIpc) is 3.23. The minimum atomic E-state index is -1.08. The van der Waals surface area contributed by atoms with Crippen LogP contribution < -0.4 is 0 Å². The molecule has 182 valence electrons. The number of rotatable bonds is 2.